The van der Waals surface area contributed by atoms with Crippen LogP contribution in [0.1, 0.15) is 62.8 Å². The minimum Gasteiger partial charge on any atom is -0.334 e. The Bertz CT molecular complexity index is 754. The third kappa shape index (κ3) is 4.15. The molecule has 1 unspecified atom stereocenters. The summed E-state index contributed by atoms with van der Waals surface area (Å²) in [5, 5.41) is 0.910. The molecule has 0 radical (unpaired) electrons. The highest BCUT2D eigenvalue weighted by Crippen LogP contribution is 2.25. The van der Waals surface area contributed by atoms with Gasteiger partial charge in [-0.3, -0.25) is 9.59 Å². The molecular formula is C20H24N2O2S. The van der Waals surface area contributed by atoms with Crippen LogP contribution < -0.4 is 0 Å². The molecule has 2 aromatic rings. The Kier molecular flexibility index (Phi) is 5.63. The van der Waals surface area contributed by atoms with Crippen LogP contribution in [0, 0.1) is 13.8 Å². The van der Waals surface area contributed by atoms with E-state index in [4.69, 9.17) is 0 Å². The predicted octanol–water partition coefficient (Wildman–Crippen LogP) is 4.42. The number of likely N-dealkylation sites (tertiary alicyclic amines) is 1. The van der Waals surface area contributed by atoms with Crippen molar-refractivity contribution >= 4 is 23.0 Å². The number of aryl methyl sites for hydroxylation is 2. The lowest BCUT2D eigenvalue weighted by atomic mass is 9.99. The first-order chi connectivity index (χ1) is 12.1. The molecule has 0 aliphatic carbocycles. The molecule has 1 aliphatic rings. The van der Waals surface area contributed by atoms with Crippen LogP contribution in [0.25, 0.3) is 0 Å². The van der Waals surface area contributed by atoms with Crippen LogP contribution in [0.4, 0.5) is 0 Å². The number of hydrogen-bond donors (Lipinski definition) is 0. The van der Waals surface area contributed by atoms with Gasteiger partial charge in [-0.25, -0.2) is 4.98 Å². The van der Waals surface area contributed by atoms with Gasteiger partial charge in [0, 0.05) is 29.4 Å². The Morgan fingerprint density at radius 3 is 2.60 bits per heavy atom. The fourth-order valence-electron chi connectivity index (χ4n) is 3.48. The highest BCUT2D eigenvalue weighted by Gasteiger charge is 2.30. The number of rotatable bonds is 4. The first kappa shape index (κ1) is 17.8. The maximum Gasteiger partial charge on any atom is 0.273 e. The van der Waals surface area contributed by atoms with Crippen molar-refractivity contribution in [1.82, 2.24) is 9.88 Å². The number of ketones is 1. The maximum atomic E-state index is 13.1. The molecule has 1 aromatic heterocycles. The van der Waals surface area contributed by atoms with Gasteiger partial charge in [0.15, 0.2) is 5.78 Å². The first-order valence-corrected chi connectivity index (χ1v) is 9.71. The van der Waals surface area contributed by atoms with Crippen LogP contribution >= 0.6 is 11.3 Å². The minimum atomic E-state index is -0.0379. The summed E-state index contributed by atoms with van der Waals surface area (Å²) in [6.07, 6.45) is 4.43. The van der Waals surface area contributed by atoms with E-state index in [9.17, 15) is 9.59 Å². The molecule has 2 heterocycles. The van der Waals surface area contributed by atoms with Gasteiger partial charge < -0.3 is 4.90 Å². The van der Waals surface area contributed by atoms with Crippen molar-refractivity contribution < 1.29 is 9.59 Å². The Morgan fingerprint density at radius 2 is 1.92 bits per heavy atom. The Labute approximate surface area is 152 Å². The molecule has 0 saturated carbocycles. The number of nitrogens with zero attached hydrogens (tertiary/aromatic N) is 2. The molecule has 5 heteroatoms. The van der Waals surface area contributed by atoms with E-state index in [1.54, 1.807) is 11.3 Å². The quantitative estimate of drug-likeness (QED) is 0.762. The summed E-state index contributed by atoms with van der Waals surface area (Å²) in [7, 11) is 0. The smallest absolute Gasteiger partial charge is 0.273 e. The van der Waals surface area contributed by atoms with Crippen LogP contribution in [-0.4, -0.2) is 34.2 Å². The second-order valence-corrected chi connectivity index (χ2v) is 8.04. The van der Waals surface area contributed by atoms with Gasteiger partial charge in [0.25, 0.3) is 5.91 Å². The van der Waals surface area contributed by atoms with Crippen molar-refractivity contribution in [1.29, 1.82) is 0 Å². The number of Topliss-reactive ketones (excluding diaryl/α,β-unsaturated/α-hetero) is 1. The van der Waals surface area contributed by atoms with E-state index in [1.807, 2.05) is 49.1 Å². The normalized spacial score (nSPS) is 18.0. The molecule has 1 aliphatic heterocycles. The van der Waals surface area contributed by atoms with E-state index >= 15 is 0 Å². The van der Waals surface area contributed by atoms with Crippen molar-refractivity contribution in [3.63, 3.8) is 0 Å². The number of carbonyl (C=O) groups is 2. The summed E-state index contributed by atoms with van der Waals surface area (Å²) in [6.45, 7) is 4.58. The van der Waals surface area contributed by atoms with Crippen LogP contribution in [-0.2, 0) is 0 Å². The molecule has 1 saturated heterocycles. The van der Waals surface area contributed by atoms with Gasteiger partial charge in [-0.15, -0.1) is 11.3 Å². The van der Waals surface area contributed by atoms with E-state index in [1.165, 1.54) is 0 Å². The van der Waals surface area contributed by atoms with Gasteiger partial charge >= 0.3 is 0 Å². The number of aromatic nitrogens is 1. The van der Waals surface area contributed by atoms with Crippen molar-refractivity contribution in [2.75, 3.05) is 6.54 Å². The van der Waals surface area contributed by atoms with E-state index in [0.29, 0.717) is 18.7 Å². The summed E-state index contributed by atoms with van der Waals surface area (Å²) in [6, 6.07) is 9.32. The lowest BCUT2D eigenvalue weighted by Crippen LogP contribution is -2.41. The first-order valence-electron chi connectivity index (χ1n) is 8.89. The fourth-order valence-corrected chi connectivity index (χ4v) is 4.29. The standard InChI is InChI=1S/C20H24N2O2S/c1-14-19(21-15(2)25-14)20(24)22-12-8-4-7-11-17(22)13-18(23)16-9-5-3-6-10-16/h3,5-6,9-10,17H,4,7-8,11-13H2,1-2H3. The summed E-state index contributed by atoms with van der Waals surface area (Å²) in [4.78, 5) is 33.0. The Morgan fingerprint density at radius 1 is 1.16 bits per heavy atom. The van der Waals surface area contributed by atoms with Crippen molar-refractivity contribution in [2.24, 2.45) is 0 Å². The third-order valence-corrected chi connectivity index (χ3v) is 5.65. The molecule has 0 bridgehead atoms. The summed E-state index contributed by atoms with van der Waals surface area (Å²) in [5.74, 6) is 0.0890. The average Bonchev–Trinajstić information content (AvgIpc) is 2.81. The fraction of sp³-hybridized carbons (Fsp3) is 0.450. The van der Waals surface area contributed by atoms with E-state index in [-0.39, 0.29) is 17.7 Å². The Balaban J connectivity index is 1.81. The van der Waals surface area contributed by atoms with Crippen LogP contribution in [0.15, 0.2) is 30.3 Å². The molecule has 1 atom stereocenters. The number of hydrogen-bond acceptors (Lipinski definition) is 4. The van der Waals surface area contributed by atoms with Crippen LogP contribution in [0.5, 0.6) is 0 Å². The van der Waals surface area contributed by atoms with Gasteiger partial charge in [0.1, 0.15) is 5.69 Å². The van der Waals surface area contributed by atoms with Crippen molar-refractivity contribution in [3.05, 3.63) is 51.5 Å². The summed E-state index contributed by atoms with van der Waals surface area (Å²) < 4.78 is 0. The molecule has 132 valence electrons. The predicted molar refractivity (Wildman–Crippen MR) is 100 cm³/mol. The number of carbonyl (C=O) groups excluding carboxylic acids is 2. The van der Waals surface area contributed by atoms with Gasteiger partial charge in [0.2, 0.25) is 0 Å². The Hall–Kier alpha value is -2.01. The van der Waals surface area contributed by atoms with E-state index < -0.39 is 0 Å². The van der Waals surface area contributed by atoms with Crippen LogP contribution in [0.2, 0.25) is 0 Å². The molecule has 3 rings (SSSR count). The highest BCUT2D eigenvalue weighted by atomic mass is 32.1. The monoisotopic (exact) mass is 356 g/mol. The SMILES string of the molecule is Cc1nc(C(=O)N2CCCCCC2CC(=O)c2ccccc2)c(C)s1. The summed E-state index contributed by atoms with van der Waals surface area (Å²) in [5.41, 5.74) is 1.28. The number of benzene rings is 1. The zero-order chi connectivity index (χ0) is 17.8. The molecule has 25 heavy (non-hydrogen) atoms. The number of thiazole rings is 1. The second kappa shape index (κ2) is 7.91. The highest BCUT2D eigenvalue weighted by molar-refractivity contribution is 7.11. The molecule has 1 aromatic carbocycles. The summed E-state index contributed by atoms with van der Waals surface area (Å²) >= 11 is 1.55. The van der Waals surface area contributed by atoms with Crippen molar-refractivity contribution in [3.8, 4) is 0 Å². The van der Waals surface area contributed by atoms with Crippen LogP contribution in [0.3, 0.4) is 0 Å². The molecule has 0 spiro atoms. The lowest BCUT2D eigenvalue weighted by Gasteiger charge is -2.29. The minimum absolute atomic E-state index is 0.0189. The second-order valence-electron chi connectivity index (χ2n) is 6.63. The van der Waals surface area contributed by atoms with E-state index in [0.717, 1.165) is 41.1 Å². The molecule has 1 fully saturated rings. The zero-order valence-electron chi connectivity index (χ0n) is 14.8. The average molecular weight is 356 g/mol. The largest absolute Gasteiger partial charge is 0.334 e. The molecule has 4 nitrogen and oxygen atoms in total. The zero-order valence-corrected chi connectivity index (χ0v) is 15.6. The van der Waals surface area contributed by atoms with Gasteiger partial charge in [-0.1, -0.05) is 43.2 Å². The van der Waals surface area contributed by atoms with Crippen molar-refractivity contribution in [2.45, 2.75) is 52.0 Å². The topological polar surface area (TPSA) is 50.3 Å². The number of amides is 1. The van der Waals surface area contributed by atoms with E-state index in [2.05, 4.69) is 4.98 Å². The van der Waals surface area contributed by atoms with Gasteiger partial charge in [-0.05, 0) is 26.7 Å². The third-order valence-electron chi connectivity index (χ3n) is 4.76. The molecule has 1 amide bonds. The van der Waals surface area contributed by atoms with Gasteiger partial charge in [0.05, 0.1) is 5.01 Å². The molecule has 0 N–H and O–H groups in total. The van der Waals surface area contributed by atoms with Gasteiger partial charge in [-0.2, -0.15) is 0 Å². The maximum absolute atomic E-state index is 13.1. The lowest BCUT2D eigenvalue weighted by molar-refractivity contribution is 0.0654. The molecular weight excluding hydrogens is 332 g/mol.